The number of aromatic hydroxyl groups is 1. The number of ether oxygens (including phenoxy) is 1. The van der Waals surface area contributed by atoms with Crippen molar-refractivity contribution in [3.63, 3.8) is 0 Å². The second kappa shape index (κ2) is 8.52. The van der Waals surface area contributed by atoms with Crippen molar-refractivity contribution in [1.82, 2.24) is 5.32 Å². The van der Waals surface area contributed by atoms with Gasteiger partial charge in [0.15, 0.2) is 9.84 Å². The molecule has 9 heteroatoms. The number of sulfone groups is 1. The fourth-order valence-electron chi connectivity index (χ4n) is 2.10. The minimum atomic E-state index is -3.41. The van der Waals surface area contributed by atoms with Gasteiger partial charge >= 0.3 is 11.9 Å². The molecule has 0 fully saturated rings. The van der Waals surface area contributed by atoms with Gasteiger partial charge in [-0.25, -0.2) is 18.0 Å². The lowest BCUT2D eigenvalue weighted by molar-refractivity contribution is -0.140. The molecular weight excluding hydrogens is 350 g/mol. The molecule has 0 aliphatic rings. The van der Waals surface area contributed by atoms with Crippen molar-refractivity contribution in [3.05, 3.63) is 41.1 Å². The zero-order valence-corrected chi connectivity index (χ0v) is 15.0. The van der Waals surface area contributed by atoms with Crippen molar-refractivity contribution >= 4 is 21.8 Å². The lowest BCUT2D eigenvalue weighted by Gasteiger charge is -2.18. The molecule has 1 unspecified atom stereocenters. The summed E-state index contributed by atoms with van der Waals surface area (Å²) in [5.41, 5.74) is 0.601. The number of hydrogen-bond acceptors (Lipinski definition) is 7. The molecule has 0 aromatic heterocycles. The number of allylic oxidation sites excluding steroid dienone is 1. The van der Waals surface area contributed by atoms with Crippen LogP contribution in [0.15, 0.2) is 30.0 Å². The van der Waals surface area contributed by atoms with E-state index in [9.17, 15) is 28.2 Å². The summed E-state index contributed by atoms with van der Waals surface area (Å²) in [7, 11) is -3.41. The Labute approximate surface area is 146 Å². The van der Waals surface area contributed by atoms with Crippen LogP contribution in [0.25, 0.3) is 0 Å². The van der Waals surface area contributed by atoms with Crippen LogP contribution >= 0.6 is 0 Å². The highest BCUT2D eigenvalue weighted by molar-refractivity contribution is 7.89. The molecule has 0 aliphatic heterocycles. The Hall–Kier alpha value is -2.55. The number of phenolic OH excluding ortho intramolecular Hbond substituents is 1. The van der Waals surface area contributed by atoms with Crippen LogP contribution in [0.1, 0.15) is 31.0 Å². The summed E-state index contributed by atoms with van der Waals surface area (Å²) in [6, 6.07) is 2.67. The molecule has 0 spiro atoms. The highest BCUT2D eigenvalue weighted by atomic mass is 32.2. The van der Waals surface area contributed by atoms with Crippen LogP contribution in [0.5, 0.6) is 5.75 Å². The van der Waals surface area contributed by atoms with E-state index in [-0.39, 0.29) is 29.2 Å². The van der Waals surface area contributed by atoms with Crippen molar-refractivity contribution < 1.29 is 33.0 Å². The fraction of sp³-hybridized carbons (Fsp3) is 0.375. The van der Waals surface area contributed by atoms with E-state index in [2.05, 4.69) is 5.32 Å². The summed E-state index contributed by atoms with van der Waals surface area (Å²) in [4.78, 5) is 23.0. The third-order valence-electron chi connectivity index (χ3n) is 3.09. The quantitative estimate of drug-likeness (QED) is 0.458. The molecule has 25 heavy (non-hydrogen) atoms. The summed E-state index contributed by atoms with van der Waals surface area (Å²) < 4.78 is 27.6. The zero-order valence-electron chi connectivity index (χ0n) is 14.1. The molecule has 0 radical (unpaired) electrons. The fourth-order valence-corrected chi connectivity index (χ4v) is 2.90. The highest BCUT2D eigenvalue weighted by Crippen LogP contribution is 2.25. The molecule has 1 aromatic carbocycles. The Bertz CT molecular complexity index is 784. The van der Waals surface area contributed by atoms with Crippen LogP contribution in [0.3, 0.4) is 0 Å². The Morgan fingerprint density at radius 2 is 2.00 bits per heavy atom. The summed E-state index contributed by atoms with van der Waals surface area (Å²) >= 11 is 0. The van der Waals surface area contributed by atoms with E-state index < -0.39 is 33.6 Å². The van der Waals surface area contributed by atoms with Gasteiger partial charge in [-0.3, -0.25) is 0 Å². The molecular formula is C16H21NO7S. The Morgan fingerprint density at radius 1 is 1.36 bits per heavy atom. The van der Waals surface area contributed by atoms with Crippen LogP contribution in [0.4, 0.5) is 0 Å². The number of nitrogens with one attached hydrogen (secondary N) is 1. The number of carboxylic acid groups (broad SMARTS) is 1. The minimum absolute atomic E-state index is 0.0973. The third kappa shape index (κ3) is 6.84. The third-order valence-corrected chi connectivity index (χ3v) is 3.93. The van der Waals surface area contributed by atoms with Crippen LogP contribution < -0.4 is 5.32 Å². The molecule has 0 saturated carbocycles. The number of esters is 1. The first-order chi connectivity index (χ1) is 11.5. The molecule has 3 N–H and O–H groups in total. The van der Waals surface area contributed by atoms with Gasteiger partial charge < -0.3 is 20.3 Å². The topological polar surface area (TPSA) is 130 Å². The molecule has 0 bridgehead atoms. The van der Waals surface area contributed by atoms with Gasteiger partial charge in [-0.2, -0.15) is 0 Å². The van der Waals surface area contributed by atoms with E-state index in [1.807, 2.05) is 0 Å². The van der Waals surface area contributed by atoms with Gasteiger partial charge in [0.1, 0.15) is 11.8 Å². The number of benzene rings is 1. The van der Waals surface area contributed by atoms with Crippen LogP contribution in [0, 0.1) is 0 Å². The maximum absolute atomic E-state index is 11.5. The maximum atomic E-state index is 11.5. The summed E-state index contributed by atoms with van der Waals surface area (Å²) in [5, 5.41) is 21.9. The number of hydrogen-bond donors (Lipinski definition) is 3. The molecule has 0 aliphatic carbocycles. The Kier molecular flexibility index (Phi) is 6.98. The van der Waals surface area contributed by atoms with E-state index in [1.54, 1.807) is 6.92 Å². The van der Waals surface area contributed by atoms with Crippen molar-refractivity contribution in [2.24, 2.45) is 0 Å². The van der Waals surface area contributed by atoms with Crippen molar-refractivity contribution in [2.45, 2.75) is 25.6 Å². The summed E-state index contributed by atoms with van der Waals surface area (Å²) in [6.07, 6.45) is 2.13. The van der Waals surface area contributed by atoms with E-state index in [0.29, 0.717) is 0 Å². The number of rotatable bonds is 8. The second-order valence-electron chi connectivity index (χ2n) is 5.45. The largest absolute Gasteiger partial charge is 0.508 e. The van der Waals surface area contributed by atoms with E-state index in [1.165, 1.54) is 25.1 Å². The van der Waals surface area contributed by atoms with Gasteiger partial charge in [0.2, 0.25) is 0 Å². The summed E-state index contributed by atoms with van der Waals surface area (Å²) in [6.45, 7) is 3.34. The number of aliphatic carboxylic acids is 1. The molecule has 1 aromatic rings. The normalized spacial score (nSPS) is 13.2. The predicted molar refractivity (Wildman–Crippen MR) is 90.6 cm³/mol. The molecule has 1 atom stereocenters. The van der Waals surface area contributed by atoms with Crippen molar-refractivity contribution in [2.75, 3.05) is 12.9 Å². The standard InChI is InChI=1S/C16H21NO7S/c1-4-24-14(19)7-10(2)17-15(16(20)21)11-5-6-13(18)12(8-11)9-25(3,22)23/h5-8,15,17-18H,4,9H2,1-3H3,(H,20,21)/b10-7-. The lowest BCUT2D eigenvalue weighted by Crippen LogP contribution is -2.27. The van der Waals surface area contributed by atoms with Gasteiger partial charge in [0, 0.05) is 23.6 Å². The van der Waals surface area contributed by atoms with Crippen LogP contribution in [-0.4, -0.2) is 43.4 Å². The molecule has 0 amide bonds. The van der Waals surface area contributed by atoms with E-state index in [0.717, 1.165) is 12.3 Å². The molecule has 1 rings (SSSR count). The average molecular weight is 371 g/mol. The molecule has 0 saturated heterocycles. The average Bonchev–Trinajstić information content (AvgIpc) is 2.45. The first kappa shape index (κ1) is 20.5. The van der Waals surface area contributed by atoms with Gasteiger partial charge in [-0.05, 0) is 31.5 Å². The van der Waals surface area contributed by atoms with Gasteiger partial charge in [-0.1, -0.05) is 6.07 Å². The van der Waals surface area contributed by atoms with Crippen LogP contribution in [0.2, 0.25) is 0 Å². The second-order valence-corrected chi connectivity index (χ2v) is 7.59. The smallest absolute Gasteiger partial charge is 0.332 e. The first-order valence-corrected chi connectivity index (χ1v) is 9.43. The number of carbonyl (C=O) groups is 2. The van der Waals surface area contributed by atoms with Gasteiger partial charge in [0.25, 0.3) is 0 Å². The Morgan fingerprint density at radius 3 is 2.52 bits per heavy atom. The Balaban J connectivity index is 3.13. The van der Waals surface area contributed by atoms with Crippen molar-refractivity contribution in [1.29, 1.82) is 0 Å². The van der Waals surface area contributed by atoms with E-state index in [4.69, 9.17) is 4.74 Å². The maximum Gasteiger partial charge on any atom is 0.332 e. The first-order valence-electron chi connectivity index (χ1n) is 7.37. The van der Waals surface area contributed by atoms with E-state index >= 15 is 0 Å². The number of carbonyl (C=O) groups excluding carboxylic acids is 1. The van der Waals surface area contributed by atoms with Gasteiger partial charge in [-0.15, -0.1) is 0 Å². The number of carboxylic acids is 1. The lowest BCUT2D eigenvalue weighted by atomic mass is 10.0. The van der Waals surface area contributed by atoms with Crippen molar-refractivity contribution in [3.8, 4) is 5.75 Å². The highest BCUT2D eigenvalue weighted by Gasteiger charge is 2.22. The van der Waals surface area contributed by atoms with Gasteiger partial charge in [0.05, 0.1) is 12.4 Å². The molecule has 0 heterocycles. The van der Waals surface area contributed by atoms with Crippen LogP contribution in [-0.2, 0) is 29.9 Å². The monoisotopic (exact) mass is 371 g/mol. The molecule has 138 valence electrons. The SMILES string of the molecule is CCOC(=O)/C=C(/C)NC(C(=O)O)c1ccc(O)c(CS(C)(=O)=O)c1. The molecule has 8 nitrogen and oxygen atoms in total. The predicted octanol–water partition coefficient (Wildman–Crippen LogP) is 1.12. The number of phenols is 1. The minimum Gasteiger partial charge on any atom is -0.508 e. The zero-order chi connectivity index (χ0) is 19.2. The summed E-state index contributed by atoms with van der Waals surface area (Å²) in [5.74, 6) is -2.50.